The number of carbonyl (C=O) groups is 1. The molecule has 0 bridgehead atoms. The molecule has 1 saturated carbocycles. The first-order valence-corrected chi connectivity index (χ1v) is 8.94. The van der Waals surface area contributed by atoms with Crippen LogP contribution in [0.2, 0.25) is 5.02 Å². The number of nitrogens with one attached hydrogen (secondary N) is 1. The molecule has 1 aliphatic heterocycles. The zero-order valence-electron chi connectivity index (χ0n) is 14.0. The first kappa shape index (κ1) is 16.6. The molecule has 1 saturated heterocycles. The van der Waals surface area contributed by atoms with E-state index in [-0.39, 0.29) is 12.1 Å². The molecule has 1 unspecified atom stereocenters. The monoisotopic (exact) mass is 335 g/mol. The predicted octanol–water partition coefficient (Wildman–Crippen LogP) is 3.18. The van der Waals surface area contributed by atoms with Crippen LogP contribution in [-0.4, -0.2) is 55.1 Å². The van der Waals surface area contributed by atoms with E-state index in [1.165, 1.54) is 5.56 Å². The second kappa shape index (κ2) is 7.10. The third-order valence-corrected chi connectivity index (χ3v) is 5.29. The molecule has 0 radical (unpaired) electrons. The zero-order chi connectivity index (χ0) is 16.4. The Kier molecular flexibility index (Phi) is 5.12. The van der Waals surface area contributed by atoms with Gasteiger partial charge in [0, 0.05) is 36.6 Å². The Morgan fingerprint density at radius 2 is 2.30 bits per heavy atom. The van der Waals surface area contributed by atoms with Gasteiger partial charge in [-0.3, -0.25) is 0 Å². The molecule has 1 aromatic carbocycles. The highest BCUT2D eigenvalue weighted by molar-refractivity contribution is 6.30. The Labute approximate surface area is 143 Å². The maximum Gasteiger partial charge on any atom is 0.317 e. The Hall–Kier alpha value is -1.26. The smallest absolute Gasteiger partial charge is 0.317 e. The van der Waals surface area contributed by atoms with Crippen LogP contribution in [0.4, 0.5) is 4.79 Å². The average Bonchev–Trinajstić information content (AvgIpc) is 3.14. The van der Waals surface area contributed by atoms with Crippen molar-refractivity contribution in [3.63, 3.8) is 0 Å². The fourth-order valence-corrected chi connectivity index (χ4v) is 3.64. The van der Waals surface area contributed by atoms with Crippen LogP contribution in [0, 0.1) is 5.92 Å². The lowest BCUT2D eigenvalue weighted by molar-refractivity contribution is 0.204. The van der Waals surface area contributed by atoms with E-state index in [2.05, 4.69) is 30.3 Å². The van der Waals surface area contributed by atoms with Gasteiger partial charge in [0.2, 0.25) is 0 Å². The number of nitrogens with zero attached hydrogens (tertiary/aromatic N) is 2. The number of likely N-dealkylation sites (tertiary alicyclic amines) is 1. The Bertz CT molecular complexity index is 565. The standard InChI is InChI=1S/C18H26ClN3O/c1-3-21(2)11-13-7-8-22(12-13)18(23)20-17-10-16(17)14-5-4-6-15(19)9-14/h4-6,9,13,16-17H,3,7-8,10-12H2,1-2H3,(H,20,23)/t13?,16-,17+/m0/s1. The molecular weight excluding hydrogens is 310 g/mol. The van der Waals surface area contributed by atoms with Gasteiger partial charge in [-0.05, 0) is 50.0 Å². The van der Waals surface area contributed by atoms with Gasteiger partial charge in [0.15, 0.2) is 0 Å². The summed E-state index contributed by atoms with van der Waals surface area (Å²) in [6.45, 7) is 6.07. The minimum absolute atomic E-state index is 0.0983. The number of carbonyl (C=O) groups excluding carboxylic acids is 1. The highest BCUT2D eigenvalue weighted by Crippen LogP contribution is 2.41. The molecule has 4 nitrogen and oxygen atoms in total. The summed E-state index contributed by atoms with van der Waals surface area (Å²) in [6, 6.07) is 8.32. The number of halogens is 1. The summed E-state index contributed by atoms with van der Waals surface area (Å²) in [5.41, 5.74) is 1.23. The van der Waals surface area contributed by atoms with Crippen molar-refractivity contribution in [2.75, 3.05) is 33.2 Å². The molecule has 126 valence electrons. The first-order chi connectivity index (χ1) is 11.1. The summed E-state index contributed by atoms with van der Waals surface area (Å²) in [5.74, 6) is 1.02. The summed E-state index contributed by atoms with van der Waals surface area (Å²) < 4.78 is 0. The maximum atomic E-state index is 12.4. The number of rotatable bonds is 5. The quantitative estimate of drug-likeness (QED) is 0.897. The van der Waals surface area contributed by atoms with E-state index >= 15 is 0 Å². The molecule has 5 heteroatoms. The van der Waals surface area contributed by atoms with Crippen LogP contribution in [-0.2, 0) is 0 Å². The van der Waals surface area contributed by atoms with Crippen molar-refractivity contribution in [1.82, 2.24) is 15.1 Å². The van der Waals surface area contributed by atoms with E-state index in [1.807, 2.05) is 23.1 Å². The molecule has 2 fully saturated rings. The molecule has 3 rings (SSSR count). The van der Waals surface area contributed by atoms with Crippen LogP contribution in [0.3, 0.4) is 0 Å². The van der Waals surface area contributed by atoms with E-state index in [0.29, 0.717) is 11.8 Å². The largest absolute Gasteiger partial charge is 0.335 e. The molecular formula is C18H26ClN3O. The maximum absolute atomic E-state index is 12.4. The number of benzene rings is 1. The summed E-state index contributed by atoms with van der Waals surface area (Å²) >= 11 is 6.04. The Morgan fingerprint density at radius 1 is 1.48 bits per heavy atom. The van der Waals surface area contributed by atoms with Gasteiger partial charge < -0.3 is 15.1 Å². The molecule has 0 spiro atoms. The van der Waals surface area contributed by atoms with Crippen LogP contribution < -0.4 is 5.32 Å². The van der Waals surface area contributed by atoms with E-state index in [9.17, 15) is 4.79 Å². The number of hydrogen-bond donors (Lipinski definition) is 1. The van der Waals surface area contributed by atoms with E-state index in [1.54, 1.807) is 0 Å². The minimum atomic E-state index is 0.0983. The normalized spacial score (nSPS) is 26.6. The highest BCUT2D eigenvalue weighted by atomic mass is 35.5. The lowest BCUT2D eigenvalue weighted by Gasteiger charge is -2.20. The molecule has 1 aromatic rings. The molecule has 2 aliphatic rings. The van der Waals surface area contributed by atoms with Gasteiger partial charge in [0.05, 0.1) is 0 Å². The lowest BCUT2D eigenvalue weighted by Crippen LogP contribution is -2.40. The molecule has 2 amide bonds. The number of urea groups is 1. The third-order valence-electron chi connectivity index (χ3n) is 5.06. The summed E-state index contributed by atoms with van der Waals surface area (Å²) in [4.78, 5) is 16.7. The van der Waals surface area contributed by atoms with Gasteiger partial charge in [-0.1, -0.05) is 30.7 Å². The van der Waals surface area contributed by atoms with Crippen molar-refractivity contribution in [1.29, 1.82) is 0 Å². The molecule has 23 heavy (non-hydrogen) atoms. The zero-order valence-corrected chi connectivity index (χ0v) is 14.7. The summed E-state index contributed by atoms with van der Waals surface area (Å²) in [5, 5.41) is 3.95. The van der Waals surface area contributed by atoms with E-state index in [4.69, 9.17) is 11.6 Å². The van der Waals surface area contributed by atoms with Crippen LogP contribution in [0.15, 0.2) is 24.3 Å². The highest BCUT2D eigenvalue weighted by Gasteiger charge is 2.41. The molecule has 1 heterocycles. The molecule has 1 N–H and O–H groups in total. The first-order valence-electron chi connectivity index (χ1n) is 8.56. The molecule has 3 atom stereocenters. The van der Waals surface area contributed by atoms with Gasteiger partial charge in [-0.15, -0.1) is 0 Å². The van der Waals surface area contributed by atoms with Gasteiger partial charge in [-0.2, -0.15) is 0 Å². The van der Waals surface area contributed by atoms with Crippen molar-refractivity contribution in [2.24, 2.45) is 5.92 Å². The average molecular weight is 336 g/mol. The van der Waals surface area contributed by atoms with Gasteiger partial charge in [0.25, 0.3) is 0 Å². The predicted molar refractivity (Wildman–Crippen MR) is 94.0 cm³/mol. The van der Waals surface area contributed by atoms with Gasteiger partial charge in [0.1, 0.15) is 0 Å². The molecule has 1 aliphatic carbocycles. The number of hydrogen-bond acceptors (Lipinski definition) is 2. The van der Waals surface area contributed by atoms with Crippen LogP contribution in [0.5, 0.6) is 0 Å². The van der Waals surface area contributed by atoms with Gasteiger partial charge >= 0.3 is 6.03 Å². The van der Waals surface area contributed by atoms with Crippen LogP contribution in [0.1, 0.15) is 31.2 Å². The third kappa shape index (κ3) is 4.18. The Balaban J connectivity index is 1.46. The molecule has 0 aromatic heterocycles. The van der Waals surface area contributed by atoms with Gasteiger partial charge in [-0.25, -0.2) is 4.79 Å². The van der Waals surface area contributed by atoms with E-state index in [0.717, 1.165) is 44.0 Å². The second-order valence-electron chi connectivity index (χ2n) is 6.91. The van der Waals surface area contributed by atoms with E-state index < -0.39 is 0 Å². The second-order valence-corrected chi connectivity index (χ2v) is 7.35. The summed E-state index contributed by atoms with van der Waals surface area (Å²) in [7, 11) is 2.14. The lowest BCUT2D eigenvalue weighted by atomic mass is 10.1. The Morgan fingerprint density at radius 3 is 3.04 bits per heavy atom. The van der Waals surface area contributed by atoms with Crippen LogP contribution >= 0.6 is 11.6 Å². The van der Waals surface area contributed by atoms with Crippen molar-refractivity contribution in [3.8, 4) is 0 Å². The topological polar surface area (TPSA) is 35.6 Å². The SMILES string of the molecule is CCN(C)CC1CCN(C(=O)N[C@@H]2C[C@H]2c2cccc(Cl)c2)C1. The summed E-state index contributed by atoms with van der Waals surface area (Å²) in [6.07, 6.45) is 2.13. The van der Waals surface area contributed by atoms with Crippen LogP contribution in [0.25, 0.3) is 0 Å². The fraction of sp³-hybridized carbons (Fsp3) is 0.611. The van der Waals surface area contributed by atoms with Crippen molar-refractivity contribution < 1.29 is 4.79 Å². The fourth-order valence-electron chi connectivity index (χ4n) is 3.45. The van der Waals surface area contributed by atoms with Crippen molar-refractivity contribution in [2.45, 2.75) is 31.7 Å². The van der Waals surface area contributed by atoms with Crippen molar-refractivity contribution in [3.05, 3.63) is 34.9 Å². The van der Waals surface area contributed by atoms with Crippen molar-refractivity contribution >= 4 is 17.6 Å². The minimum Gasteiger partial charge on any atom is -0.335 e. The number of amides is 2.